The monoisotopic (exact) mass is 549 g/mol. The van der Waals surface area contributed by atoms with Crippen LogP contribution in [0.1, 0.15) is 68.9 Å². The molecule has 2 fully saturated rings. The molecule has 4 heteroatoms. The molecule has 1 heterocycles. The lowest BCUT2D eigenvalue weighted by atomic mass is 9.68. The molecule has 2 aliphatic rings. The van der Waals surface area contributed by atoms with Crippen LogP contribution in [0.3, 0.4) is 0 Å². The fourth-order valence-corrected chi connectivity index (χ4v) is 7.07. The molecular weight excluding hydrogens is 506 g/mol. The van der Waals surface area contributed by atoms with E-state index in [1.54, 1.807) is 18.2 Å². The quantitative estimate of drug-likeness (QED) is 0.205. The minimum absolute atomic E-state index is 0.260. The van der Waals surface area contributed by atoms with Crippen molar-refractivity contribution in [2.45, 2.75) is 64.2 Å². The lowest BCUT2D eigenvalue weighted by Crippen LogP contribution is -2.41. The molecule has 4 aromatic carbocycles. The van der Waals surface area contributed by atoms with E-state index in [0.717, 1.165) is 47.1 Å². The third-order valence-electron chi connectivity index (χ3n) is 9.57. The molecule has 0 radical (unpaired) electrons. The summed E-state index contributed by atoms with van der Waals surface area (Å²) in [4.78, 5) is 2.68. The fourth-order valence-electron chi connectivity index (χ4n) is 7.07. The second kappa shape index (κ2) is 12.6. The Bertz CT molecular complexity index is 1430. The van der Waals surface area contributed by atoms with E-state index >= 15 is 0 Å². The Morgan fingerprint density at radius 1 is 0.707 bits per heavy atom. The highest BCUT2D eigenvalue weighted by atomic mass is 16.5. The smallest absolute Gasteiger partial charge is 0.119 e. The molecule has 4 aromatic rings. The maximum atomic E-state index is 10.0. The number of nitrogens with zero attached hydrogens (tertiary/aromatic N) is 1. The summed E-state index contributed by atoms with van der Waals surface area (Å²) in [5, 5.41) is 22.0. The van der Waals surface area contributed by atoms with Crippen molar-refractivity contribution in [1.82, 2.24) is 4.90 Å². The second-order valence-corrected chi connectivity index (χ2v) is 12.3. The SMILES string of the molecule is Oc1ccc(-c2ccc3cc(O)ccc3c2Cc2ccc(OCCCCN3CCC4(CCCCC4)CC3)cc2)cc1. The van der Waals surface area contributed by atoms with Gasteiger partial charge in [0.2, 0.25) is 0 Å². The van der Waals surface area contributed by atoms with E-state index in [4.69, 9.17) is 4.74 Å². The van der Waals surface area contributed by atoms with Crippen molar-refractivity contribution in [2.24, 2.45) is 5.41 Å². The van der Waals surface area contributed by atoms with Crippen LogP contribution in [0.5, 0.6) is 17.2 Å². The minimum Gasteiger partial charge on any atom is -0.508 e. The number of unbranched alkanes of at least 4 members (excludes halogenated alkanes) is 1. The number of phenolic OH excluding ortho intramolecular Hbond substituents is 2. The van der Waals surface area contributed by atoms with Crippen molar-refractivity contribution in [3.05, 3.63) is 90.0 Å². The van der Waals surface area contributed by atoms with Gasteiger partial charge in [0, 0.05) is 0 Å². The highest BCUT2D eigenvalue weighted by Gasteiger charge is 2.35. The van der Waals surface area contributed by atoms with Gasteiger partial charge >= 0.3 is 0 Å². The Balaban J connectivity index is 1.03. The molecule has 0 bridgehead atoms. The number of likely N-dealkylation sites (tertiary alicyclic amines) is 1. The third-order valence-corrected chi connectivity index (χ3v) is 9.57. The van der Waals surface area contributed by atoms with Gasteiger partial charge in [0.1, 0.15) is 17.2 Å². The van der Waals surface area contributed by atoms with Gasteiger partial charge in [-0.05, 0) is 139 Å². The van der Waals surface area contributed by atoms with Crippen LogP contribution in [0.2, 0.25) is 0 Å². The number of rotatable bonds is 9. The Morgan fingerprint density at radius 3 is 2.20 bits per heavy atom. The lowest BCUT2D eigenvalue weighted by Gasteiger charge is -2.44. The Morgan fingerprint density at radius 2 is 1.44 bits per heavy atom. The third kappa shape index (κ3) is 6.70. The summed E-state index contributed by atoms with van der Waals surface area (Å²) in [6.45, 7) is 4.53. The molecule has 0 atom stereocenters. The van der Waals surface area contributed by atoms with Gasteiger partial charge in [-0.1, -0.05) is 61.7 Å². The maximum absolute atomic E-state index is 10.0. The van der Waals surface area contributed by atoms with Crippen molar-refractivity contribution in [1.29, 1.82) is 0 Å². The van der Waals surface area contributed by atoms with Crippen molar-refractivity contribution >= 4 is 10.8 Å². The summed E-state index contributed by atoms with van der Waals surface area (Å²) in [6.07, 6.45) is 13.2. The van der Waals surface area contributed by atoms with Gasteiger partial charge in [-0.2, -0.15) is 0 Å². The Kier molecular flexibility index (Phi) is 8.48. The zero-order valence-electron chi connectivity index (χ0n) is 24.2. The summed E-state index contributed by atoms with van der Waals surface area (Å²) >= 11 is 0. The molecule has 1 aliphatic heterocycles. The molecule has 1 saturated heterocycles. The van der Waals surface area contributed by atoms with Gasteiger partial charge < -0.3 is 19.8 Å². The number of ether oxygens (including phenoxy) is 1. The summed E-state index contributed by atoms with van der Waals surface area (Å²) in [5.74, 6) is 1.45. The highest BCUT2D eigenvalue weighted by Crippen LogP contribution is 2.44. The number of benzene rings is 4. The van der Waals surface area contributed by atoms with Crippen LogP contribution in [0.15, 0.2) is 78.9 Å². The summed E-state index contributed by atoms with van der Waals surface area (Å²) in [6, 6.07) is 25.6. The summed E-state index contributed by atoms with van der Waals surface area (Å²) in [7, 11) is 0. The van der Waals surface area contributed by atoms with Crippen LogP contribution in [0.4, 0.5) is 0 Å². The first-order chi connectivity index (χ1) is 20.1. The average molecular weight is 550 g/mol. The van der Waals surface area contributed by atoms with E-state index in [9.17, 15) is 10.2 Å². The first-order valence-electron chi connectivity index (χ1n) is 15.6. The topological polar surface area (TPSA) is 52.9 Å². The van der Waals surface area contributed by atoms with E-state index < -0.39 is 0 Å². The normalized spacial score (nSPS) is 17.2. The van der Waals surface area contributed by atoms with Gasteiger partial charge in [-0.25, -0.2) is 0 Å². The molecule has 6 rings (SSSR count). The number of phenols is 2. The van der Waals surface area contributed by atoms with Gasteiger partial charge in [0.05, 0.1) is 6.61 Å². The van der Waals surface area contributed by atoms with Crippen LogP contribution in [0.25, 0.3) is 21.9 Å². The maximum Gasteiger partial charge on any atom is 0.119 e. The first-order valence-corrected chi connectivity index (χ1v) is 15.6. The van der Waals surface area contributed by atoms with Crippen molar-refractivity contribution < 1.29 is 14.9 Å². The fraction of sp³-hybridized carbons (Fsp3) is 0.405. The van der Waals surface area contributed by atoms with Gasteiger partial charge in [0.25, 0.3) is 0 Å². The molecule has 0 aromatic heterocycles. The van der Waals surface area contributed by atoms with E-state index in [-0.39, 0.29) is 11.5 Å². The van der Waals surface area contributed by atoms with Crippen LogP contribution >= 0.6 is 0 Å². The predicted molar refractivity (Wildman–Crippen MR) is 168 cm³/mol. The largest absolute Gasteiger partial charge is 0.508 e. The molecular formula is C37H43NO3. The van der Waals surface area contributed by atoms with Gasteiger partial charge in [-0.3, -0.25) is 0 Å². The van der Waals surface area contributed by atoms with Crippen molar-refractivity contribution in [3.8, 4) is 28.4 Å². The van der Waals surface area contributed by atoms with Crippen LogP contribution < -0.4 is 4.74 Å². The molecule has 4 nitrogen and oxygen atoms in total. The molecule has 0 amide bonds. The van der Waals surface area contributed by atoms with E-state index in [0.29, 0.717) is 5.41 Å². The number of aromatic hydroxyl groups is 2. The van der Waals surface area contributed by atoms with E-state index in [1.807, 2.05) is 24.3 Å². The molecule has 41 heavy (non-hydrogen) atoms. The zero-order chi connectivity index (χ0) is 28.1. The van der Waals surface area contributed by atoms with Crippen molar-refractivity contribution in [2.75, 3.05) is 26.2 Å². The Hall–Kier alpha value is -3.50. The van der Waals surface area contributed by atoms with Crippen LogP contribution in [-0.2, 0) is 6.42 Å². The zero-order valence-corrected chi connectivity index (χ0v) is 24.2. The number of hydrogen-bond donors (Lipinski definition) is 2. The lowest BCUT2D eigenvalue weighted by molar-refractivity contribution is 0.0665. The van der Waals surface area contributed by atoms with E-state index in [2.05, 4.69) is 41.3 Å². The van der Waals surface area contributed by atoms with Gasteiger partial charge in [0.15, 0.2) is 0 Å². The van der Waals surface area contributed by atoms with Crippen LogP contribution in [-0.4, -0.2) is 41.4 Å². The second-order valence-electron chi connectivity index (χ2n) is 12.3. The summed E-state index contributed by atoms with van der Waals surface area (Å²) in [5.41, 5.74) is 5.29. The first kappa shape index (κ1) is 27.7. The molecule has 1 spiro atoms. The summed E-state index contributed by atoms with van der Waals surface area (Å²) < 4.78 is 6.11. The number of piperidine rings is 1. The molecule has 214 valence electrons. The number of hydrogen-bond acceptors (Lipinski definition) is 4. The molecule has 2 N–H and O–H groups in total. The molecule has 1 aliphatic carbocycles. The average Bonchev–Trinajstić information content (AvgIpc) is 3.00. The van der Waals surface area contributed by atoms with Gasteiger partial charge in [-0.15, -0.1) is 0 Å². The Labute approximate surface area is 244 Å². The van der Waals surface area contributed by atoms with Crippen LogP contribution in [0, 0.1) is 5.41 Å². The van der Waals surface area contributed by atoms with E-state index in [1.165, 1.54) is 82.1 Å². The standard InChI is InChI=1S/C37H43NO3/c39-31-11-8-29(9-12-31)34-16-10-30-27-32(40)13-17-35(30)36(34)26-28-6-14-33(15-7-28)41-25-5-4-22-38-23-20-37(21-24-38)18-2-1-3-19-37/h6-17,27,39-40H,1-5,18-26H2. The highest BCUT2D eigenvalue weighted by molar-refractivity contribution is 5.93. The predicted octanol–water partition coefficient (Wildman–Crippen LogP) is 8.71. The molecule has 1 saturated carbocycles. The minimum atomic E-state index is 0.260. The number of fused-ring (bicyclic) bond motifs is 1. The van der Waals surface area contributed by atoms with Crippen molar-refractivity contribution in [3.63, 3.8) is 0 Å². The molecule has 0 unspecified atom stereocenters.